The zero-order valence-electron chi connectivity index (χ0n) is 16.3. The van der Waals surface area contributed by atoms with E-state index in [-0.39, 0.29) is 22.9 Å². The van der Waals surface area contributed by atoms with Gasteiger partial charge >= 0.3 is 0 Å². The highest BCUT2D eigenvalue weighted by Crippen LogP contribution is 2.68. The van der Waals surface area contributed by atoms with Crippen molar-refractivity contribution in [2.75, 3.05) is 0 Å². The number of aliphatic hydroxyl groups excluding tert-OH is 1. The van der Waals surface area contributed by atoms with Gasteiger partial charge in [0.2, 0.25) is 0 Å². The number of rotatable bonds is 1. The molecule has 25 heavy (non-hydrogen) atoms. The Kier molecular flexibility index (Phi) is 4.00. The van der Waals surface area contributed by atoms with Crippen molar-refractivity contribution >= 4 is 11.6 Å². The van der Waals surface area contributed by atoms with Crippen LogP contribution >= 0.6 is 0 Å². The molecular weight excluding hydrogens is 312 g/mol. The highest BCUT2D eigenvalue weighted by atomic mass is 16.3. The molecule has 4 aliphatic rings. The van der Waals surface area contributed by atoms with E-state index in [4.69, 9.17) is 0 Å². The van der Waals surface area contributed by atoms with Gasteiger partial charge in [0, 0.05) is 18.8 Å². The van der Waals surface area contributed by atoms with Gasteiger partial charge < -0.3 is 5.11 Å². The first kappa shape index (κ1) is 17.7. The van der Waals surface area contributed by atoms with Crippen LogP contribution in [0.2, 0.25) is 0 Å². The van der Waals surface area contributed by atoms with Crippen molar-refractivity contribution in [3.05, 3.63) is 0 Å². The molecule has 0 spiro atoms. The maximum absolute atomic E-state index is 12.4. The Morgan fingerprint density at radius 3 is 2.60 bits per heavy atom. The molecule has 4 fully saturated rings. The second-order valence-electron chi connectivity index (χ2n) is 10.4. The van der Waals surface area contributed by atoms with Gasteiger partial charge in [0.15, 0.2) is 0 Å². The summed E-state index contributed by atoms with van der Waals surface area (Å²) in [5.74, 6) is 3.11. The van der Waals surface area contributed by atoms with Crippen LogP contribution in [0.3, 0.4) is 0 Å². The third kappa shape index (κ3) is 2.33. The van der Waals surface area contributed by atoms with E-state index in [2.05, 4.69) is 20.8 Å². The minimum absolute atomic E-state index is 0.0421. The van der Waals surface area contributed by atoms with E-state index in [1.165, 1.54) is 0 Å². The number of carbonyl (C=O) groups excluding carboxylic acids is 2. The van der Waals surface area contributed by atoms with Crippen LogP contribution in [0, 0.1) is 46.3 Å². The lowest BCUT2D eigenvalue weighted by molar-refractivity contribution is -0.174. The molecule has 0 radical (unpaired) electrons. The topological polar surface area (TPSA) is 54.4 Å². The van der Waals surface area contributed by atoms with Crippen LogP contribution in [0.25, 0.3) is 0 Å². The van der Waals surface area contributed by atoms with Crippen LogP contribution in [0.5, 0.6) is 0 Å². The van der Waals surface area contributed by atoms with Gasteiger partial charge in [-0.2, -0.15) is 0 Å². The number of aliphatic hydroxyl groups is 1. The van der Waals surface area contributed by atoms with Gasteiger partial charge in [-0.3, -0.25) is 9.59 Å². The standard InChI is InChI=1S/C22H34O3/c1-12-9-17-16-6-5-14-10-15(24)7-8-21(14,3)20(16)18(25)11-22(17,4)19(12)13(2)23/h12,14,16-20,25H,5-11H2,1-4H3/t12-,14?,16?,17?,18-,19?,20?,21+,22+/m1/s1. The molecule has 0 aromatic heterocycles. The van der Waals surface area contributed by atoms with Crippen molar-refractivity contribution in [3.8, 4) is 0 Å². The second-order valence-corrected chi connectivity index (χ2v) is 10.4. The smallest absolute Gasteiger partial charge is 0.133 e. The Morgan fingerprint density at radius 1 is 1.20 bits per heavy atom. The van der Waals surface area contributed by atoms with Crippen LogP contribution in [0.4, 0.5) is 0 Å². The molecule has 3 heteroatoms. The van der Waals surface area contributed by atoms with Crippen LogP contribution in [0.15, 0.2) is 0 Å². The summed E-state index contributed by atoms with van der Waals surface area (Å²) in [5.41, 5.74) is 0.0641. The van der Waals surface area contributed by atoms with E-state index in [1.807, 2.05) is 0 Å². The van der Waals surface area contributed by atoms with Crippen LogP contribution in [0.1, 0.15) is 72.6 Å². The van der Waals surface area contributed by atoms with Crippen molar-refractivity contribution in [1.29, 1.82) is 0 Å². The van der Waals surface area contributed by atoms with Crippen LogP contribution in [-0.4, -0.2) is 22.8 Å². The Hall–Kier alpha value is -0.700. The molecule has 9 atom stereocenters. The first-order valence-electron chi connectivity index (χ1n) is 10.4. The van der Waals surface area contributed by atoms with E-state index in [1.54, 1.807) is 6.92 Å². The number of hydrogen-bond donors (Lipinski definition) is 1. The van der Waals surface area contributed by atoms with Gasteiger partial charge in [-0.25, -0.2) is 0 Å². The van der Waals surface area contributed by atoms with Crippen molar-refractivity contribution in [3.63, 3.8) is 0 Å². The fourth-order valence-electron chi connectivity index (χ4n) is 8.40. The van der Waals surface area contributed by atoms with E-state index < -0.39 is 0 Å². The Morgan fingerprint density at radius 2 is 1.92 bits per heavy atom. The van der Waals surface area contributed by atoms with Gasteiger partial charge in [-0.1, -0.05) is 20.8 Å². The molecule has 4 rings (SSSR count). The summed E-state index contributed by atoms with van der Waals surface area (Å²) in [6.45, 7) is 8.63. The SMILES string of the molecule is CC(=O)C1[C@H](C)CC2C3CCC4CC(=O)CC[C@]4(C)C3[C@H](O)C[C@@]21C. The molecule has 0 heterocycles. The number of carbonyl (C=O) groups is 2. The predicted octanol–water partition coefficient (Wildman–Crippen LogP) is 4.02. The molecule has 0 aliphatic heterocycles. The molecule has 1 N–H and O–H groups in total. The van der Waals surface area contributed by atoms with Crippen molar-refractivity contribution in [2.24, 2.45) is 46.3 Å². The first-order chi connectivity index (χ1) is 11.7. The molecule has 0 aromatic carbocycles. The molecule has 0 bridgehead atoms. The number of hydrogen-bond acceptors (Lipinski definition) is 3. The normalized spacial score (nSPS) is 55.2. The van der Waals surface area contributed by atoms with Crippen molar-refractivity contribution < 1.29 is 14.7 Å². The summed E-state index contributed by atoms with van der Waals surface area (Å²) < 4.78 is 0. The van der Waals surface area contributed by atoms with E-state index in [0.29, 0.717) is 47.6 Å². The largest absolute Gasteiger partial charge is 0.393 e. The number of ketones is 2. The van der Waals surface area contributed by atoms with E-state index >= 15 is 0 Å². The summed E-state index contributed by atoms with van der Waals surface area (Å²) in [6, 6.07) is 0. The molecular formula is C22H34O3. The summed E-state index contributed by atoms with van der Waals surface area (Å²) in [4.78, 5) is 24.4. The third-order valence-electron chi connectivity index (χ3n) is 9.19. The minimum atomic E-state index is -0.320. The van der Waals surface area contributed by atoms with Crippen molar-refractivity contribution in [1.82, 2.24) is 0 Å². The lowest BCUT2D eigenvalue weighted by Gasteiger charge is -2.61. The molecule has 3 nitrogen and oxygen atoms in total. The molecule has 0 amide bonds. The summed E-state index contributed by atoms with van der Waals surface area (Å²) in [5, 5.41) is 11.3. The van der Waals surface area contributed by atoms with Gasteiger partial charge in [0.1, 0.15) is 11.6 Å². The molecule has 5 unspecified atom stereocenters. The molecule has 4 aliphatic carbocycles. The van der Waals surface area contributed by atoms with Gasteiger partial charge in [-0.05, 0) is 79.4 Å². The Balaban J connectivity index is 1.70. The van der Waals surface area contributed by atoms with Crippen molar-refractivity contribution in [2.45, 2.75) is 78.7 Å². The molecule has 4 saturated carbocycles. The minimum Gasteiger partial charge on any atom is -0.393 e. The summed E-state index contributed by atoms with van der Waals surface area (Å²) in [6.07, 6.45) is 6.20. The van der Waals surface area contributed by atoms with E-state index in [9.17, 15) is 14.7 Å². The lowest BCUT2D eigenvalue weighted by atomic mass is 9.44. The number of Topliss-reactive ketones (excluding diaryl/α,β-unsaturated/α-hetero) is 2. The Bertz CT molecular complexity index is 598. The lowest BCUT2D eigenvalue weighted by Crippen LogP contribution is -2.59. The predicted molar refractivity (Wildman–Crippen MR) is 96.8 cm³/mol. The average Bonchev–Trinajstić information content (AvgIpc) is 2.77. The third-order valence-corrected chi connectivity index (χ3v) is 9.19. The zero-order chi connectivity index (χ0) is 18.1. The maximum atomic E-state index is 12.4. The summed E-state index contributed by atoms with van der Waals surface area (Å²) in [7, 11) is 0. The first-order valence-corrected chi connectivity index (χ1v) is 10.4. The Labute approximate surface area is 151 Å². The van der Waals surface area contributed by atoms with Gasteiger partial charge in [-0.15, -0.1) is 0 Å². The van der Waals surface area contributed by atoms with Gasteiger partial charge in [0.05, 0.1) is 6.10 Å². The fraction of sp³-hybridized carbons (Fsp3) is 0.909. The number of fused-ring (bicyclic) bond motifs is 5. The molecule has 0 aromatic rings. The average molecular weight is 347 g/mol. The monoisotopic (exact) mass is 346 g/mol. The fourth-order valence-corrected chi connectivity index (χ4v) is 8.40. The van der Waals surface area contributed by atoms with E-state index in [0.717, 1.165) is 38.5 Å². The maximum Gasteiger partial charge on any atom is 0.133 e. The molecule has 0 saturated heterocycles. The second kappa shape index (κ2) is 5.65. The van der Waals surface area contributed by atoms with Crippen LogP contribution < -0.4 is 0 Å². The van der Waals surface area contributed by atoms with Crippen LogP contribution in [-0.2, 0) is 9.59 Å². The highest BCUT2D eigenvalue weighted by Gasteiger charge is 2.64. The molecule has 140 valence electrons. The quantitative estimate of drug-likeness (QED) is 0.780. The highest BCUT2D eigenvalue weighted by molar-refractivity contribution is 5.80. The summed E-state index contributed by atoms with van der Waals surface area (Å²) >= 11 is 0. The zero-order valence-corrected chi connectivity index (χ0v) is 16.3. The van der Waals surface area contributed by atoms with Gasteiger partial charge in [0.25, 0.3) is 0 Å².